The Bertz CT molecular complexity index is 800. The van der Waals surface area contributed by atoms with Gasteiger partial charge in [0.15, 0.2) is 0 Å². The number of amides is 1. The Hall–Kier alpha value is -2.21. The van der Waals surface area contributed by atoms with Crippen molar-refractivity contribution in [3.05, 3.63) is 51.0 Å². The zero-order valence-electron chi connectivity index (χ0n) is 14.5. The van der Waals surface area contributed by atoms with Crippen LogP contribution in [0.3, 0.4) is 0 Å². The zero-order valence-corrected chi connectivity index (χ0v) is 15.3. The normalized spacial score (nSPS) is 17.5. The molecule has 1 aliphatic rings. The molecule has 1 atom stereocenters. The topological polar surface area (TPSA) is 70.5 Å². The van der Waals surface area contributed by atoms with Crippen molar-refractivity contribution in [2.24, 2.45) is 0 Å². The van der Waals surface area contributed by atoms with E-state index in [4.69, 9.17) is 0 Å². The number of nitrogens with zero attached hydrogens (tertiary/aromatic N) is 2. The van der Waals surface area contributed by atoms with E-state index in [1.165, 1.54) is 6.07 Å². The van der Waals surface area contributed by atoms with Gasteiger partial charge < -0.3 is 10.0 Å². The molecule has 2 heterocycles. The van der Waals surface area contributed by atoms with E-state index in [2.05, 4.69) is 17.3 Å². The number of carboxylic acids is 1. The summed E-state index contributed by atoms with van der Waals surface area (Å²) in [7, 11) is 0. The number of hydrogen-bond acceptors (Lipinski definition) is 4. The number of piperidine rings is 1. The number of aryl methyl sites for hydroxylation is 2. The standard InChI is InChI=1S/C19H22N2O3S/c1-3-16-11-25-17(20-16)13-5-4-6-21(10-13)18(22)14-7-12(2)8-15(9-14)19(23)24/h7-9,11,13H,3-6,10H2,1-2H3,(H,23,24). The molecule has 6 heteroatoms. The minimum atomic E-state index is -1.01. The molecule has 2 aromatic rings. The summed E-state index contributed by atoms with van der Waals surface area (Å²) in [6.45, 7) is 5.25. The molecule has 0 radical (unpaired) electrons. The van der Waals surface area contributed by atoms with Crippen LogP contribution in [0.5, 0.6) is 0 Å². The van der Waals surface area contributed by atoms with Gasteiger partial charge in [-0.25, -0.2) is 9.78 Å². The quantitative estimate of drug-likeness (QED) is 0.904. The fourth-order valence-electron chi connectivity index (χ4n) is 3.25. The molecular weight excluding hydrogens is 336 g/mol. The third-order valence-corrected chi connectivity index (χ3v) is 5.62. The van der Waals surface area contributed by atoms with Gasteiger partial charge >= 0.3 is 5.97 Å². The van der Waals surface area contributed by atoms with Gasteiger partial charge in [0, 0.05) is 30.0 Å². The van der Waals surface area contributed by atoms with Crippen LogP contribution in [0.25, 0.3) is 0 Å². The van der Waals surface area contributed by atoms with Crippen LogP contribution in [-0.2, 0) is 6.42 Å². The average Bonchev–Trinajstić information content (AvgIpc) is 3.10. The number of aromatic nitrogens is 1. The summed E-state index contributed by atoms with van der Waals surface area (Å²) in [5.41, 5.74) is 2.49. The molecule has 1 fully saturated rings. The van der Waals surface area contributed by atoms with E-state index in [9.17, 15) is 14.7 Å². The Morgan fingerprint density at radius 1 is 1.32 bits per heavy atom. The van der Waals surface area contributed by atoms with Crippen LogP contribution < -0.4 is 0 Å². The highest BCUT2D eigenvalue weighted by atomic mass is 32.1. The molecule has 0 saturated carbocycles. The van der Waals surface area contributed by atoms with Gasteiger partial charge in [-0.2, -0.15) is 0 Å². The second-order valence-electron chi connectivity index (χ2n) is 6.51. The fraction of sp³-hybridized carbons (Fsp3) is 0.421. The van der Waals surface area contributed by atoms with E-state index in [-0.39, 0.29) is 17.4 Å². The van der Waals surface area contributed by atoms with E-state index in [0.717, 1.165) is 35.5 Å². The molecule has 1 saturated heterocycles. The minimum Gasteiger partial charge on any atom is -0.478 e. The molecule has 5 nitrogen and oxygen atoms in total. The highest BCUT2D eigenvalue weighted by Crippen LogP contribution is 2.30. The van der Waals surface area contributed by atoms with Crippen molar-refractivity contribution >= 4 is 23.2 Å². The Kier molecular flexibility index (Phi) is 5.18. The van der Waals surface area contributed by atoms with Crippen LogP contribution >= 0.6 is 11.3 Å². The number of hydrogen-bond donors (Lipinski definition) is 1. The van der Waals surface area contributed by atoms with E-state index in [0.29, 0.717) is 18.7 Å². The highest BCUT2D eigenvalue weighted by molar-refractivity contribution is 7.09. The van der Waals surface area contributed by atoms with E-state index < -0.39 is 5.97 Å². The first-order valence-electron chi connectivity index (χ1n) is 8.56. The summed E-state index contributed by atoms with van der Waals surface area (Å²) in [6.07, 6.45) is 2.90. The molecule has 0 spiro atoms. The fourth-order valence-corrected chi connectivity index (χ4v) is 4.28. The number of carbonyl (C=O) groups excluding carboxylic acids is 1. The summed E-state index contributed by atoms with van der Waals surface area (Å²) in [5.74, 6) is -0.834. The maximum absolute atomic E-state index is 12.9. The van der Waals surface area contributed by atoms with Crippen molar-refractivity contribution in [2.45, 2.75) is 39.0 Å². The maximum Gasteiger partial charge on any atom is 0.335 e. The molecular formula is C19H22N2O3S. The molecule has 3 rings (SSSR count). The number of rotatable bonds is 4. The number of carbonyl (C=O) groups is 2. The highest BCUT2D eigenvalue weighted by Gasteiger charge is 2.27. The second-order valence-corrected chi connectivity index (χ2v) is 7.40. The molecule has 1 unspecified atom stereocenters. The molecule has 1 aromatic carbocycles. The molecule has 25 heavy (non-hydrogen) atoms. The monoisotopic (exact) mass is 358 g/mol. The summed E-state index contributed by atoms with van der Waals surface area (Å²) in [6, 6.07) is 4.82. The van der Waals surface area contributed by atoms with Crippen molar-refractivity contribution < 1.29 is 14.7 Å². The number of likely N-dealkylation sites (tertiary alicyclic amines) is 1. The SMILES string of the molecule is CCc1csc(C2CCCN(C(=O)c3cc(C)cc(C(=O)O)c3)C2)n1. The Labute approximate surface area is 151 Å². The van der Waals surface area contributed by atoms with Crippen LogP contribution in [0.1, 0.15) is 62.7 Å². The zero-order chi connectivity index (χ0) is 18.0. The third kappa shape index (κ3) is 3.90. The van der Waals surface area contributed by atoms with E-state index in [1.54, 1.807) is 23.5 Å². The van der Waals surface area contributed by atoms with Crippen LogP contribution in [-0.4, -0.2) is 40.0 Å². The van der Waals surface area contributed by atoms with Crippen molar-refractivity contribution in [1.29, 1.82) is 0 Å². The van der Waals surface area contributed by atoms with Crippen molar-refractivity contribution in [3.8, 4) is 0 Å². The Morgan fingerprint density at radius 2 is 2.08 bits per heavy atom. The maximum atomic E-state index is 12.9. The van der Waals surface area contributed by atoms with Gasteiger partial charge in [-0.15, -0.1) is 11.3 Å². The lowest BCUT2D eigenvalue weighted by Crippen LogP contribution is -2.39. The number of aromatic carboxylic acids is 1. The van der Waals surface area contributed by atoms with Gasteiger partial charge in [-0.05, 0) is 49.9 Å². The first-order valence-corrected chi connectivity index (χ1v) is 9.44. The summed E-state index contributed by atoms with van der Waals surface area (Å²) in [4.78, 5) is 30.6. The first kappa shape index (κ1) is 17.6. The lowest BCUT2D eigenvalue weighted by Gasteiger charge is -2.32. The average molecular weight is 358 g/mol. The first-order chi connectivity index (χ1) is 12.0. The molecule has 0 bridgehead atoms. The predicted molar refractivity (Wildman–Crippen MR) is 97.5 cm³/mol. The van der Waals surface area contributed by atoms with Crippen LogP contribution in [0.15, 0.2) is 23.6 Å². The molecule has 1 aromatic heterocycles. The number of carboxylic acid groups (broad SMARTS) is 1. The van der Waals surface area contributed by atoms with Gasteiger partial charge in [-0.1, -0.05) is 6.92 Å². The van der Waals surface area contributed by atoms with E-state index >= 15 is 0 Å². The van der Waals surface area contributed by atoms with Crippen molar-refractivity contribution in [2.75, 3.05) is 13.1 Å². The molecule has 1 amide bonds. The predicted octanol–water partition coefficient (Wildman–Crippen LogP) is 3.73. The lowest BCUT2D eigenvalue weighted by molar-refractivity contribution is 0.0696. The molecule has 132 valence electrons. The minimum absolute atomic E-state index is 0.0943. The molecule has 1 N–H and O–H groups in total. The van der Waals surface area contributed by atoms with Crippen LogP contribution in [0.4, 0.5) is 0 Å². The Morgan fingerprint density at radius 3 is 2.76 bits per heavy atom. The number of thiazole rings is 1. The van der Waals surface area contributed by atoms with Gasteiger partial charge in [0.05, 0.1) is 16.3 Å². The molecule has 0 aliphatic carbocycles. The summed E-state index contributed by atoms with van der Waals surface area (Å²) in [5, 5.41) is 12.4. The molecule has 1 aliphatic heterocycles. The second kappa shape index (κ2) is 7.35. The summed E-state index contributed by atoms with van der Waals surface area (Å²) >= 11 is 1.67. The van der Waals surface area contributed by atoms with Gasteiger partial charge in [-0.3, -0.25) is 4.79 Å². The number of benzene rings is 1. The smallest absolute Gasteiger partial charge is 0.335 e. The Balaban J connectivity index is 1.79. The van der Waals surface area contributed by atoms with Gasteiger partial charge in [0.25, 0.3) is 5.91 Å². The van der Waals surface area contributed by atoms with E-state index in [1.807, 2.05) is 11.8 Å². The van der Waals surface area contributed by atoms with Crippen molar-refractivity contribution in [1.82, 2.24) is 9.88 Å². The van der Waals surface area contributed by atoms with Crippen LogP contribution in [0.2, 0.25) is 0 Å². The summed E-state index contributed by atoms with van der Waals surface area (Å²) < 4.78 is 0. The lowest BCUT2D eigenvalue weighted by atomic mass is 9.97. The van der Waals surface area contributed by atoms with Gasteiger partial charge in [0.2, 0.25) is 0 Å². The van der Waals surface area contributed by atoms with Gasteiger partial charge in [0.1, 0.15) is 0 Å². The largest absolute Gasteiger partial charge is 0.478 e. The van der Waals surface area contributed by atoms with Crippen molar-refractivity contribution in [3.63, 3.8) is 0 Å². The van der Waals surface area contributed by atoms with Crippen LogP contribution in [0, 0.1) is 6.92 Å². The third-order valence-electron chi connectivity index (χ3n) is 4.56.